The lowest BCUT2D eigenvalue weighted by Gasteiger charge is -2.16. The fourth-order valence-electron chi connectivity index (χ4n) is 3.61. The monoisotopic (exact) mass is 437 g/mol. The lowest BCUT2D eigenvalue weighted by atomic mass is 10.1. The number of amides is 2. The number of nitrogens with zero attached hydrogens (tertiary/aromatic N) is 4. The number of anilines is 1. The molecule has 5 rings (SSSR count). The number of thiazole rings is 1. The van der Waals surface area contributed by atoms with E-state index in [2.05, 4.69) is 15.4 Å². The maximum Gasteiger partial charge on any atom is 0.227 e. The Labute approximate surface area is 181 Å². The molecule has 4 heterocycles. The van der Waals surface area contributed by atoms with Gasteiger partial charge in [-0.3, -0.25) is 9.59 Å². The summed E-state index contributed by atoms with van der Waals surface area (Å²) in [5.41, 5.74) is 1.85. The first-order valence-electron chi connectivity index (χ1n) is 9.69. The van der Waals surface area contributed by atoms with E-state index >= 15 is 0 Å². The Morgan fingerprint density at radius 1 is 1.17 bits per heavy atom. The predicted octanol–water partition coefficient (Wildman–Crippen LogP) is 3.23. The van der Waals surface area contributed by atoms with E-state index in [4.69, 9.17) is 0 Å². The normalized spacial score (nSPS) is 16.5. The maximum absolute atomic E-state index is 12.6. The molecule has 7 nitrogen and oxygen atoms in total. The third-order valence-corrected chi connectivity index (χ3v) is 6.87. The summed E-state index contributed by atoms with van der Waals surface area (Å²) in [5.74, 6) is 0.320. The molecule has 1 N–H and O–H groups in total. The van der Waals surface area contributed by atoms with Crippen molar-refractivity contribution in [3.8, 4) is 10.7 Å². The second-order valence-electron chi connectivity index (χ2n) is 7.12. The molecule has 0 bridgehead atoms. The maximum atomic E-state index is 12.6. The Balaban J connectivity index is 1.19. The number of nitrogens with one attached hydrogen (secondary N) is 1. The molecule has 1 aliphatic rings. The van der Waals surface area contributed by atoms with Crippen molar-refractivity contribution in [2.45, 2.75) is 12.8 Å². The van der Waals surface area contributed by atoms with Gasteiger partial charge in [0.25, 0.3) is 0 Å². The van der Waals surface area contributed by atoms with Crippen LogP contribution in [0.3, 0.4) is 0 Å². The van der Waals surface area contributed by atoms with Gasteiger partial charge in [-0.15, -0.1) is 27.8 Å². The minimum atomic E-state index is -0.322. The second-order valence-corrected chi connectivity index (χ2v) is 8.90. The summed E-state index contributed by atoms with van der Waals surface area (Å²) < 4.78 is 1.85. The number of thiophene rings is 1. The Morgan fingerprint density at radius 3 is 2.83 bits per heavy atom. The first-order chi connectivity index (χ1) is 14.7. The molecule has 2 amide bonds. The predicted molar refractivity (Wildman–Crippen MR) is 118 cm³/mol. The highest BCUT2D eigenvalue weighted by Crippen LogP contribution is 2.26. The Morgan fingerprint density at radius 2 is 2.03 bits per heavy atom. The Kier molecular flexibility index (Phi) is 5.06. The number of para-hydroxylation sites is 1. The first kappa shape index (κ1) is 19.0. The molecule has 1 atom stereocenters. The number of benzene rings is 1. The SMILES string of the molecule is O=C(NCCc1csc2nc(-c3cccs3)nn12)[C@@H]1CC(=O)N(c2ccccc2)C1. The average Bonchev–Trinajstić information content (AvgIpc) is 3.53. The molecule has 3 aromatic heterocycles. The fourth-order valence-corrected chi connectivity index (χ4v) is 5.11. The van der Waals surface area contributed by atoms with Gasteiger partial charge in [0.2, 0.25) is 16.8 Å². The van der Waals surface area contributed by atoms with Crippen LogP contribution in [0, 0.1) is 5.92 Å². The van der Waals surface area contributed by atoms with Gasteiger partial charge in [-0.05, 0) is 23.6 Å². The molecule has 0 aliphatic carbocycles. The topological polar surface area (TPSA) is 79.6 Å². The first-order valence-corrected chi connectivity index (χ1v) is 11.4. The zero-order chi connectivity index (χ0) is 20.5. The van der Waals surface area contributed by atoms with E-state index in [1.54, 1.807) is 27.6 Å². The van der Waals surface area contributed by atoms with Crippen molar-refractivity contribution in [2.24, 2.45) is 5.92 Å². The molecule has 1 aliphatic heterocycles. The number of hydrogen-bond acceptors (Lipinski definition) is 6. The molecule has 0 spiro atoms. The Bertz CT molecular complexity index is 1180. The summed E-state index contributed by atoms with van der Waals surface area (Å²) >= 11 is 3.16. The molecule has 4 aromatic rings. The van der Waals surface area contributed by atoms with Crippen LogP contribution in [0.4, 0.5) is 5.69 Å². The van der Waals surface area contributed by atoms with E-state index < -0.39 is 0 Å². The highest BCUT2D eigenvalue weighted by molar-refractivity contribution is 7.15. The molecule has 0 unspecified atom stereocenters. The lowest BCUT2D eigenvalue weighted by molar-refractivity contribution is -0.126. The number of carbonyl (C=O) groups is 2. The number of aromatic nitrogens is 3. The van der Waals surface area contributed by atoms with Crippen LogP contribution in [0.15, 0.2) is 53.2 Å². The molecule has 30 heavy (non-hydrogen) atoms. The quantitative estimate of drug-likeness (QED) is 0.502. The summed E-state index contributed by atoms with van der Waals surface area (Å²) in [4.78, 5) is 33.1. The number of hydrogen-bond donors (Lipinski definition) is 1. The average molecular weight is 438 g/mol. The lowest BCUT2D eigenvalue weighted by Crippen LogP contribution is -2.34. The van der Waals surface area contributed by atoms with E-state index in [1.807, 2.05) is 57.7 Å². The molecule has 152 valence electrons. The molecule has 1 saturated heterocycles. The zero-order valence-corrected chi connectivity index (χ0v) is 17.7. The minimum absolute atomic E-state index is 0.00962. The second kappa shape index (κ2) is 8.00. The van der Waals surface area contributed by atoms with Gasteiger partial charge in [0.15, 0.2) is 5.82 Å². The van der Waals surface area contributed by atoms with E-state index in [0.29, 0.717) is 19.5 Å². The summed E-state index contributed by atoms with van der Waals surface area (Å²) in [7, 11) is 0. The van der Waals surface area contributed by atoms with Crippen molar-refractivity contribution in [1.82, 2.24) is 19.9 Å². The third kappa shape index (κ3) is 3.61. The molecule has 0 saturated carbocycles. The van der Waals surface area contributed by atoms with E-state index in [1.165, 1.54) is 0 Å². The van der Waals surface area contributed by atoms with E-state index in [-0.39, 0.29) is 24.2 Å². The van der Waals surface area contributed by atoms with Gasteiger partial charge < -0.3 is 10.2 Å². The van der Waals surface area contributed by atoms with Crippen LogP contribution in [0.5, 0.6) is 0 Å². The third-order valence-electron chi connectivity index (χ3n) is 5.14. The molecular formula is C21H19N5O2S2. The standard InChI is InChI=1S/C21H19N5O2S2/c27-18-11-14(12-25(18)15-5-2-1-3-6-15)20(28)22-9-8-16-13-30-21-23-19(24-26(16)21)17-7-4-10-29-17/h1-7,10,13-14H,8-9,11-12H2,(H,22,28)/t14-/m1/s1. The van der Waals surface area contributed by atoms with Crippen molar-refractivity contribution in [3.63, 3.8) is 0 Å². The van der Waals surface area contributed by atoms with Gasteiger partial charge in [-0.2, -0.15) is 4.98 Å². The molecule has 0 radical (unpaired) electrons. The number of carbonyl (C=O) groups excluding carboxylic acids is 2. The fraction of sp³-hybridized carbons (Fsp3) is 0.238. The largest absolute Gasteiger partial charge is 0.355 e. The van der Waals surface area contributed by atoms with Crippen LogP contribution < -0.4 is 10.2 Å². The van der Waals surface area contributed by atoms with Gasteiger partial charge in [0, 0.05) is 37.0 Å². The number of rotatable bonds is 6. The van der Waals surface area contributed by atoms with Crippen LogP contribution in [0.25, 0.3) is 15.7 Å². The molecule has 9 heteroatoms. The summed E-state index contributed by atoms with van der Waals surface area (Å²) in [6, 6.07) is 13.5. The van der Waals surface area contributed by atoms with Crippen LogP contribution in [-0.2, 0) is 16.0 Å². The molecule has 1 aromatic carbocycles. The minimum Gasteiger partial charge on any atom is -0.355 e. The van der Waals surface area contributed by atoms with Crippen molar-refractivity contribution in [3.05, 3.63) is 58.9 Å². The zero-order valence-electron chi connectivity index (χ0n) is 16.0. The van der Waals surface area contributed by atoms with Crippen LogP contribution in [-0.4, -0.2) is 39.5 Å². The van der Waals surface area contributed by atoms with Gasteiger partial charge in [-0.1, -0.05) is 24.3 Å². The van der Waals surface area contributed by atoms with Crippen molar-refractivity contribution >= 4 is 45.1 Å². The highest BCUT2D eigenvalue weighted by Gasteiger charge is 2.34. The highest BCUT2D eigenvalue weighted by atomic mass is 32.1. The van der Waals surface area contributed by atoms with Crippen molar-refractivity contribution in [2.75, 3.05) is 18.0 Å². The van der Waals surface area contributed by atoms with Crippen molar-refractivity contribution in [1.29, 1.82) is 0 Å². The molecular weight excluding hydrogens is 418 g/mol. The van der Waals surface area contributed by atoms with Gasteiger partial charge >= 0.3 is 0 Å². The van der Waals surface area contributed by atoms with E-state index in [9.17, 15) is 9.59 Å². The van der Waals surface area contributed by atoms with Gasteiger partial charge in [0.1, 0.15) is 0 Å². The van der Waals surface area contributed by atoms with Crippen LogP contribution in [0.2, 0.25) is 0 Å². The Hall–Kier alpha value is -3.04. The van der Waals surface area contributed by atoms with Crippen LogP contribution >= 0.6 is 22.7 Å². The van der Waals surface area contributed by atoms with Crippen molar-refractivity contribution < 1.29 is 9.59 Å². The molecule has 1 fully saturated rings. The van der Waals surface area contributed by atoms with Crippen LogP contribution in [0.1, 0.15) is 12.1 Å². The van der Waals surface area contributed by atoms with Gasteiger partial charge in [-0.25, -0.2) is 4.52 Å². The smallest absolute Gasteiger partial charge is 0.227 e. The summed E-state index contributed by atoms with van der Waals surface area (Å²) in [6.07, 6.45) is 0.902. The summed E-state index contributed by atoms with van der Waals surface area (Å²) in [5, 5.41) is 11.6. The van der Waals surface area contributed by atoms with Gasteiger partial charge in [0.05, 0.1) is 16.5 Å². The van der Waals surface area contributed by atoms with E-state index in [0.717, 1.165) is 27.0 Å². The number of fused-ring (bicyclic) bond motifs is 1. The summed E-state index contributed by atoms with van der Waals surface area (Å²) in [6.45, 7) is 0.916.